The maximum atomic E-state index is 4.32. The van der Waals surface area contributed by atoms with Gasteiger partial charge in [0.25, 0.3) is 0 Å². The molecule has 1 saturated carbocycles. The fraction of sp³-hybridized carbons (Fsp3) is 0.923. The van der Waals surface area contributed by atoms with E-state index in [2.05, 4.69) is 34.6 Å². The van der Waals surface area contributed by atoms with Crippen LogP contribution in [0.15, 0.2) is 0 Å². The van der Waals surface area contributed by atoms with Gasteiger partial charge in [0.1, 0.15) is 0 Å². The number of nitrogens with one attached hydrogen (secondary N) is 1. The first kappa shape index (κ1) is 13.5. The van der Waals surface area contributed by atoms with Gasteiger partial charge in [-0.05, 0) is 36.4 Å². The van der Waals surface area contributed by atoms with Crippen LogP contribution in [0.2, 0.25) is 0 Å². The van der Waals surface area contributed by atoms with Gasteiger partial charge in [0, 0.05) is 12.5 Å². The van der Waals surface area contributed by atoms with E-state index in [1.54, 1.807) is 4.80 Å². The number of nitrogens with zero attached hydrogens (tertiary/aromatic N) is 4. The summed E-state index contributed by atoms with van der Waals surface area (Å²) in [6, 6.07) is 0.476. The van der Waals surface area contributed by atoms with Gasteiger partial charge in [-0.15, -0.1) is 10.2 Å². The molecule has 5 nitrogen and oxygen atoms in total. The molecular weight excluding hydrogens is 226 g/mol. The fourth-order valence-electron chi connectivity index (χ4n) is 3.00. The molecule has 0 spiro atoms. The molecule has 1 aliphatic carbocycles. The van der Waals surface area contributed by atoms with Gasteiger partial charge in [0.15, 0.2) is 5.82 Å². The summed E-state index contributed by atoms with van der Waals surface area (Å²) in [6.07, 6.45) is 7.40. The van der Waals surface area contributed by atoms with Crippen LogP contribution in [-0.4, -0.2) is 32.8 Å². The average Bonchev–Trinajstić information content (AvgIpc) is 2.94. The molecule has 1 N–H and O–H groups in total. The Hall–Kier alpha value is -0.970. The van der Waals surface area contributed by atoms with E-state index in [4.69, 9.17) is 0 Å². The van der Waals surface area contributed by atoms with Gasteiger partial charge in [-0.1, -0.05) is 26.7 Å². The van der Waals surface area contributed by atoms with Gasteiger partial charge < -0.3 is 5.32 Å². The monoisotopic (exact) mass is 251 g/mol. The normalized spacial score (nSPS) is 20.2. The predicted octanol–water partition coefficient (Wildman–Crippen LogP) is 1.70. The average molecular weight is 251 g/mol. The van der Waals surface area contributed by atoms with Crippen molar-refractivity contribution in [1.82, 2.24) is 25.5 Å². The molecular formula is C13H25N5. The highest BCUT2D eigenvalue weighted by atomic mass is 15.6. The van der Waals surface area contributed by atoms with Gasteiger partial charge in [0.05, 0.1) is 7.05 Å². The van der Waals surface area contributed by atoms with E-state index >= 15 is 0 Å². The van der Waals surface area contributed by atoms with Crippen LogP contribution in [0.1, 0.15) is 51.8 Å². The third-order valence-electron chi connectivity index (χ3n) is 4.16. The van der Waals surface area contributed by atoms with E-state index in [0.717, 1.165) is 18.8 Å². The molecule has 0 bridgehead atoms. The van der Waals surface area contributed by atoms with Crippen LogP contribution in [0.3, 0.4) is 0 Å². The second-order valence-corrected chi connectivity index (χ2v) is 5.77. The van der Waals surface area contributed by atoms with E-state index in [-0.39, 0.29) is 0 Å². The fourth-order valence-corrected chi connectivity index (χ4v) is 3.00. The van der Waals surface area contributed by atoms with Crippen molar-refractivity contribution in [3.63, 3.8) is 0 Å². The number of aromatic nitrogens is 4. The molecule has 1 fully saturated rings. The smallest absolute Gasteiger partial charge is 0.176 e. The molecule has 1 atom stereocenters. The van der Waals surface area contributed by atoms with Crippen molar-refractivity contribution in [1.29, 1.82) is 0 Å². The van der Waals surface area contributed by atoms with Crippen LogP contribution in [0.25, 0.3) is 0 Å². The second-order valence-electron chi connectivity index (χ2n) is 5.77. The number of tetrazole rings is 1. The lowest BCUT2D eigenvalue weighted by Crippen LogP contribution is -2.44. The minimum Gasteiger partial charge on any atom is -0.313 e. The molecule has 1 aliphatic rings. The first-order valence-corrected chi connectivity index (χ1v) is 7.10. The third kappa shape index (κ3) is 3.07. The van der Waals surface area contributed by atoms with E-state index in [1.165, 1.54) is 32.1 Å². The minimum absolute atomic E-state index is 0.397. The van der Waals surface area contributed by atoms with Crippen molar-refractivity contribution >= 4 is 0 Å². The van der Waals surface area contributed by atoms with Gasteiger partial charge in [0.2, 0.25) is 0 Å². The third-order valence-corrected chi connectivity index (χ3v) is 4.16. The summed E-state index contributed by atoms with van der Waals surface area (Å²) in [5, 5.41) is 16.1. The van der Waals surface area contributed by atoms with Crippen LogP contribution >= 0.6 is 0 Å². The number of hydrogen-bond acceptors (Lipinski definition) is 4. The Kier molecular flexibility index (Phi) is 4.32. The van der Waals surface area contributed by atoms with Crippen molar-refractivity contribution in [3.8, 4) is 0 Å². The van der Waals surface area contributed by atoms with E-state index in [1.807, 2.05) is 7.05 Å². The largest absolute Gasteiger partial charge is 0.313 e. The SMILES string of the molecule is CCCNC(Cc1nnn(C)n1)C1(C)CCCC1. The zero-order valence-electron chi connectivity index (χ0n) is 11.8. The Morgan fingerprint density at radius 1 is 1.39 bits per heavy atom. The molecule has 0 saturated heterocycles. The summed E-state index contributed by atoms with van der Waals surface area (Å²) in [6.45, 7) is 5.69. The highest BCUT2D eigenvalue weighted by molar-refractivity contribution is 4.96. The maximum Gasteiger partial charge on any atom is 0.176 e. The van der Waals surface area contributed by atoms with Gasteiger partial charge in [-0.2, -0.15) is 4.80 Å². The van der Waals surface area contributed by atoms with Crippen molar-refractivity contribution in [2.45, 2.75) is 58.4 Å². The van der Waals surface area contributed by atoms with Crippen molar-refractivity contribution in [2.75, 3.05) is 6.54 Å². The van der Waals surface area contributed by atoms with Crippen molar-refractivity contribution in [3.05, 3.63) is 5.82 Å². The van der Waals surface area contributed by atoms with Crippen molar-refractivity contribution < 1.29 is 0 Å². The Labute approximate surface area is 109 Å². The summed E-state index contributed by atoms with van der Waals surface area (Å²) in [5.74, 6) is 0.860. The van der Waals surface area contributed by atoms with Crippen LogP contribution in [0.4, 0.5) is 0 Å². The predicted molar refractivity (Wildman–Crippen MR) is 71.2 cm³/mol. The first-order valence-electron chi connectivity index (χ1n) is 7.10. The second kappa shape index (κ2) is 5.78. The lowest BCUT2D eigenvalue weighted by Gasteiger charge is -2.34. The van der Waals surface area contributed by atoms with E-state index < -0.39 is 0 Å². The molecule has 2 rings (SSSR count). The molecule has 1 aromatic heterocycles. The summed E-state index contributed by atoms with van der Waals surface area (Å²) >= 11 is 0. The van der Waals surface area contributed by atoms with Gasteiger partial charge >= 0.3 is 0 Å². The van der Waals surface area contributed by atoms with Gasteiger partial charge in [-0.3, -0.25) is 0 Å². The molecule has 0 amide bonds. The molecule has 102 valence electrons. The summed E-state index contributed by atoms with van der Waals surface area (Å²) in [7, 11) is 1.82. The Morgan fingerprint density at radius 2 is 2.11 bits per heavy atom. The number of aryl methyl sites for hydroxylation is 1. The zero-order chi connectivity index (χ0) is 13.0. The molecule has 1 heterocycles. The Bertz CT molecular complexity index is 367. The van der Waals surface area contributed by atoms with E-state index in [9.17, 15) is 0 Å². The number of hydrogen-bond donors (Lipinski definition) is 1. The van der Waals surface area contributed by atoms with Crippen LogP contribution < -0.4 is 5.32 Å². The van der Waals surface area contributed by atoms with E-state index in [0.29, 0.717) is 11.5 Å². The molecule has 18 heavy (non-hydrogen) atoms. The van der Waals surface area contributed by atoms with Crippen LogP contribution in [-0.2, 0) is 13.5 Å². The lowest BCUT2D eigenvalue weighted by molar-refractivity contribution is 0.217. The lowest BCUT2D eigenvalue weighted by atomic mass is 9.79. The molecule has 1 unspecified atom stereocenters. The topological polar surface area (TPSA) is 55.6 Å². The molecule has 0 aliphatic heterocycles. The zero-order valence-corrected chi connectivity index (χ0v) is 11.8. The highest BCUT2D eigenvalue weighted by Gasteiger charge is 2.37. The van der Waals surface area contributed by atoms with Crippen LogP contribution in [0.5, 0.6) is 0 Å². The summed E-state index contributed by atoms with van der Waals surface area (Å²) in [4.78, 5) is 1.54. The van der Waals surface area contributed by atoms with Crippen LogP contribution in [0, 0.1) is 5.41 Å². The Balaban J connectivity index is 2.04. The first-order chi connectivity index (χ1) is 8.64. The minimum atomic E-state index is 0.397. The summed E-state index contributed by atoms with van der Waals surface area (Å²) in [5.41, 5.74) is 0.397. The number of rotatable bonds is 6. The quantitative estimate of drug-likeness (QED) is 0.836. The molecule has 0 aromatic carbocycles. The Morgan fingerprint density at radius 3 is 2.67 bits per heavy atom. The van der Waals surface area contributed by atoms with Gasteiger partial charge in [-0.25, -0.2) is 0 Å². The molecule has 5 heteroatoms. The maximum absolute atomic E-state index is 4.32. The van der Waals surface area contributed by atoms with Crippen molar-refractivity contribution in [2.24, 2.45) is 12.5 Å². The standard InChI is InChI=1S/C13H25N5/c1-4-9-14-11(13(2)7-5-6-8-13)10-12-15-17-18(3)16-12/h11,14H,4-10H2,1-3H3. The summed E-state index contributed by atoms with van der Waals surface area (Å²) < 4.78 is 0. The highest BCUT2D eigenvalue weighted by Crippen LogP contribution is 2.41. The molecule has 1 aromatic rings. The molecule has 0 radical (unpaired) electrons.